The van der Waals surface area contributed by atoms with Gasteiger partial charge in [-0.05, 0) is 25.3 Å². The minimum absolute atomic E-state index is 0.136. The number of nitrogens with one attached hydrogen (secondary N) is 2. The average molecular weight is 284 g/mol. The third kappa shape index (κ3) is 5.40. The second kappa shape index (κ2) is 6.68. The van der Waals surface area contributed by atoms with Crippen LogP contribution in [0.1, 0.15) is 38.1 Å². The highest BCUT2D eigenvalue weighted by Gasteiger charge is 2.23. The molecule has 0 saturated carbocycles. The lowest BCUT2D eigenvalue weighted by Crippen LogP contribution is -2.47. The van der Waals surface area contributed by atoms with Crippen LogP contribution in [0, 0.1) is 0 Å². The zero-order valence-electron chi connectivity index (χ0n) is 11.4. The predicted molar refractivity (Wildman–Crippen MR) is 74.8 cm³/mol. The fraction of sp³-hybridized carbons (Fsp3) is 0.538. The van der Waals surface area contributed by atoms with Gasteiger partial charge in [0.15, 0.2) is 0 Å². The molecule has 1 atom stereocenters. The molecule has 0 bridgehead atoms. The van der Waals surface area contributed by atoms with E-state index in [0.717, 1.165) is 4.88 Å². The lowest BCUT2D eigenvalue weighted by molar-refractivity contribution is -0.124. The van der Waals surface area contributed by atoms with Crippen molar-refractivity contribution in [3.05, 3.63) is 22.4 Å². The fourth-order valence-electron chi connectivity index (χ4n) is 1.61. The molecule has 5 nitrogen and oxygen atoms in total. The van der Waals surface area contributed by atoms with E-state index in [2.05, 4.69) is 10.6 Å². The minimum Gasteiger partial charge on any atom is -0.394 e. The molecule has 0 aliphatic rings. The van der Waals surface area contributed by atoms with E-state index in [1.54, 1.807) is 13.8 Å². The molecule has 1 unspecified atom stereocenters. The third-order valence-corrected chi connectivity index (χ3v) is 3.51. The Morgan fingerprint density at radius 2 is 2.16 bits per heavy atom. The number of aliphatic hydroxyl groups excluding tert-OH is 1. The largest absolute Gasteiger partial charge is 0.394 e. The molecule has 0 fully saturated rings. The highest BCUT2D eigenvalue weighted by atomic mass is 32.1. The second-order valence-corrected chi connectivity index (χ2v) is 6.04. The molecule has 0 radical (unpaired) electrons. The first-order chi connectivity index (χ1) is 8.84. The summed E-state index contributed by atoms with van der Waals surface area (Å²) in [6.07, 6.45) is 0.156. The van der Waals surface area contributed by atoms with Gasteiger partial charge in [0.25, 0.3) is 0 Å². The maximum Gasteiger partial charge on any atom is 0.222 e. The molecule has 0 aromatic carbocycles. The summed E-state index contributed by atoms with van der Waals surface area (Å²) in [5, 5.41) is 16.5. The van der Waals surface area contributed by atoms with Crippen molar-refractivity contribution < 1.29 is 14.7 Å². The van der Waals surface area contributed by atoms with Crippen molar-refractivity contribution >= 4 is 23.2 Å². The zero-order valence-corrected chi connectivity index (χ0v) is 12.2. The van der Waals surface area contributed by atoms with Crippen LogP contribution in [0.5, 0.6) is 0 Å². The highest BCUT2D eigenvalue weighted by molar-refractivity contribution is 7.10. The van der Waals surface area contributed by atoms with Crippen LogP contribution in [-0.4, -0.2) is 29.1 Å². The molecule has 1 aromatic rings. The predicted octanol–water partition coefficient (Wildman–Crippen LogP) is 1.20. The maximum atomic E-state index is 11.9. The molecule has 0 aliphatic heterocycles. The maximum absolute atomic E-state index is 11.9. The molecule has 0 aliphatic carbocycles. The van der Waals surface area contributed by atoms with Gasteiger partial charge in [0, 0.05) is 11.8 Å². The highest BCUT2D eigenvalue weighted by Crippen LogP contribution is 2.22. The number of amides is 2. The Bertz CT molecular complexity index is 429. The van der Waals surface area contributed by atoms with Crippen molar-refractivity contribution in [2.45, 2.75) is 38.8 Å². The molecule has 6 heteroatoms. The van der Waals surface area contributed by atoms with Gasteiger partial charge in [-0.3, -0.25) is 9.59 Å². The van der Waals surface area contributed by atoms with Crippen LogP contribution >= 0.6 is 11.3 Å². The summed E-state index contributed by atoms with van der Waals surface area (Å²) >= 11 is 1.49. The zero-order chi connectivity index (χ0) is 14.5. The number of carbonyl (C=O) groups excluding carboxylic acids is 2. The molecule has 0 saturated heterocycles. The molecule has 0 spiro atoms. The molecular weight excluding hydrogens is 264 g/mol. The number of thiophene rings is 1. The molecule has 19 heavy (non-hydrogen) atoms. The molecule has 1 aromatic heterocycles. The van der Waals surface area contributed by atoms with Gasteiger partial charge in [0.05, 0.1) is 24.6 Å². The van der Waals surface area contributed by atoms with Gasteiger partial charge in [0.2, 0.25) is 11.8 Å². The number of hydrogen-bond acceptors (Lipinski definition) is 4. The lowest BCUT2D eigenvalue weighted by Gasteiger charge is -2.25. The summed E-state index contributed by atoms with van der Waals surface area (Å²) < 4.78 is 0. The van der Waals surface area contributed by atoms with Gasteiger partial charge in [0.1, 0.15) is 0 Å². The van der Waals surface area contributed by atoms with Crippen molar-refractivity contribution in [2.75, 3.05) is 6.61 Å². The van der Waals surface area contributed by atoms with E-state index in [1.165, 1.54) is 18.3 Å². The van der Waals surface area contributed by atoms with Crippen LogP contribution in [0.3, 0.4) is 0 Å². The number of carbonyl (C=O) groups is 2. The standard InChI is InChI=1S/C13H20N2O3S/c1-9(17)14-10(11-5-4-6-19-11)7-12(18)15-13(2,3)8-16/h4-6,10,16H,7-8H2,1-3H3,(H,14,17)(H,15,18). The number of rotatable bonds is 6. The third-order valence-electron chi connectivity index (χ3n) is 2.53. The second-order valence-electron chi connectivity index (χ2n) is 5.06. The molecule has 2 amide bonds. The Hall–Kier alpha value is -1.40. The Balaban J connectivity index is 2.68. The summed E-state index contributed by atoms with van der Waals surface area (Å²) in [4.78, 5) is 24.1. The van der Waals surface area contributed by atoms with E-state index < -0.39 is 5.54 Å². The van der Waals surface area contributed by atoms with E-state index in [4.69, 9.17) is 5.11 Å². The van der Waals surface area contributed by atoms with Gasteiger partial charge in [-0.1, -0.05) is 6.07 Å². The average Bonchev–Trinajstić information content (AvgIpc) is 2.80. The fourth-order valence-corrected chi connectivity index (χ4v) is 2.39. The van der Waals surface area contributed by atoms with Gasteiger partial charge < -0.3 is 15.7 Å². The van der Waals surface area contributed by atoms with Crippen molar-refractivity contribution in [2.24, 2.45) is 0 Å². The lowest BCUT2D eigenvalue weighted by atomic mass is 10.1. The van der Waals surface area contributed by atoms with Crippen molar-refractivity contribution in [1.82, 2.24) is 10.6 Å². The summed E-state index contributed by atoms with van der Waals surface area (Å²) in [5.74, 6) is -0.376. The molecule has 106 valence electrons. The smallest absolute Gasteiger partial charge is 0.222 e. The summed E-state index contributed by atoms with van der Waals surface area (Å²) in [7, 11) is 0. The van der Waals surface area contributed by atoms with Crippen LogP contribution in [0.4, 0.5) is 0 Å². The topological polar surface area (TPSA) is 78.4 Å². The van der Waals surface area contributed by atoms with Crippen LogP contribution < -0.4 is 10.6 Å². The summed E-state index contributed by atoms with van der Waals surface area (Å²) in [6, 6.07) is 3.44. The first-order valence-electron chi connectivity index (χ1n) is 6.06. The van der Waals surface area contributed by atoms with E-state index >= 15 is 0 Å². The van der Waals surface area contributed by atoms with Crippen LogP contribution in [0.15, 0.2) is 17.5 Å². The normalized spacial score (nSPS) is 12.8. The van der Waals surface area contributed by atoms with Crippen molar-refractivity contribution in [3.8, 4) is 0 Å². The summed E-state index contributed by atoms with van der Waals surface area (Å²) in [5.41, 5.74) is -0.659. The van der Waals surface area contributed by atoms with Gasteiger partial charge in [-0.25, -0.2) is 0 Å². The van der Waals surface area contributed by atoms with E-state index in [1.807, 2.05) is 17.5 Å². The first-order valence-corrected chi connectivity index (χ1v) is 6.94. The van der Waals surface area contributed by atoms with E-state index in [-0.39, 0.29) is 30.9 Å². The SMILES string of the molecule is CC(=O)NC(CC(=O)NC(C)(C)CO)c1cccs1. The van der Waals surface area contributed by atoms with Gasteiger partial charge in [-0.2, -0.15) is 0 Å². The van der Waals surface area contributed by atoms with E-state index in [9.17, 15) is 9.59 Å². The Labute approximate surface area is 117 Å². The van der Waals surface area contributed by atoms with Crippen LogP contribution in [-0.2, 0) is 9.59 Å². The Morgan fingerprint density at radius 3 is 2.63 bits per heavy atom. The van der Waals surface area contributed by atoms with Crippen LogP contribution in [0.25, 0.3) is 0 Å². The molecule has 3 N–H and O–H groups in total. The monoisotopic (exact) mass is 284 g/mol. The number of hydrogen-bond donors (Lipinski definition) is 3. The van der Waals surface area contributed by atoms with Crippen LogP contribution in [0.2, 0.25) is 0 Å². The van der Waals surface area contributed by atoms with Crippen molar-refractivity contribution in [3.63, 3.8) is 0 Å². The van der Waals surface area contributed by atoms with Gasteiger partial charge in [-0.15, -0.1) is 11.3 Å². The quantitative estimate of drug-likeness (QED) is 0.734. The number of aliphatic hydroxyl groups is 1. The molecular formula is C13H20N2O3S. The van der Waals surface area contributed by atoms with Crippen molar-refractivity contribution in [1.29, 1.82) is 0 Å². The summed E-state index contributed by atoms with van der Waals surface area (Å²) in [6.45, 7) is 4.77. The minimum atomic E-state index is -0.659. The van der Waals surface area contributed by atoms with E-state index in [0.29, 0.717) is 0 Å². The first kappa shape index (κ1) is 15.7. The molecule has 1 rings (SSSR count). The van der Waals surface area contributed by atoms with Gasteiger partial charge >= 0.3 is 0 Å². The molecule has 1 heterocycles. The Kier molecular flexibility index (Phi) is 5.50. The Morgan fingerprint density at radius 1 is 1.47 bits per heavy atom.